The summed E-state index contributed by atoms with van der Waals surface area (Å²) in [7, 11) is 0. The van der Waals surface area contributed by atoms with Gasteiger partial charge in [0.15, 0.2) is 0 Å². The van der Waals surface area contributed by atoms with Crippen LogP contribution in [0, 0.1) is 16.2 Å². The molecule has 168 valence electrons. The van der Waals surface area contributed by atoms with Crippen molar-refractivity contribution in [3.05, 3.63) is 12.7 Å². The van der Waals surface area contributed by atoms with Gasteiger partial charge in [-0.3, -0.25) is 4.79 Å². The molecule has 1 amide bonds. The van der Waals surface area contributed by atoms with Gasteiger partial charge in [-0.15, -0.1) is 6.58 Å². The summed E-state index contributed by atoms with van der Waals surface area (Å²) < 4.78 is 11.1. The van der Waals surface area contributed by atoms with Crippen molar-refractivity contribution in [2.75, 3.05) is 19.7 Å². The van der Waals surface area contributed by atoms with Crippen LogP contribution in [0.15, 0.2) is 12.7 Å². The lowest BCUT2D eigenvalue weighted by Crippen LogP contribution is -2.56. The summed E-state index contributed by atoms with van der Waals surface area (Å²) in [5.74, 6) is -0.129. The SMILES string of the molecule is C=CC(C)(CC)CC(C)(CC)C1(C(=O)OCC)CCN(C(=O)OC(C)(C)C)CC1. The molecule has 1 saturated heterocycles. The number of ether oxygens (including phenoxy) is 2. The second-order valence-corrected chi connectivity index (χ2v) is 10.1. The lowest BCUT2D eigenvalue weighted by molar-refractivity contribution is -0.172. The Balaban J connectivity index is 3.20. The first-order valence-corrected chi connectivity index (χ1v) is 11.1. The molecule has 2 atom stereocenters. The molecule has 0 aromatic carbocycles. The van der Waals surface area contributed by atoms with Gasteiger partial charge in [-0.25, -0.2) is 4.79 Å². The van der Waals surface area contributed by atoms with Crippen molar-refractivity contribution in [2.45, 2.75) is 93.1 Å². The van der Waals surface area contributed by atoms with Crippen molar-refractivity contribution in [2.24, 2.45) is 16.2 Å². The van der Waals surface area contributed by atoms with Gasteiger partial charge in [0.05, 0.1) is 12.0 Å². The molecule has 0 aromatic heterocycles. The van der Waals surface area contributed by atoms with Gasteiger partial charge in [-0.05, 0) is 70.6 Å². The first-order chi connectivity index (χ1) is 13.3. The predicted molar refractivity (Wildman–Crippen MR) is 118 cm³/mol. The number of likely N-dealkylation sites (tertiary alicyclic amines) is 1. The minimum Gasteiger partial charge on any atom is -0.466 e. The first kappa shape index (κ1) is 25.5. The third kappa shape index (κ3) is 5.76. The molecule has 2 unspecified atom stereocenters. The molecule has 0 spiro atoms. The van der Waals surface area contributed by atoms with Crippen molar-refractivity contribution < 1.29 is 19.1 Å². The summed E-state index contributed by atoms with van der Waals surface area (Å²) >= 11 is 0. The van der Waals surface area contributed by atoms with Crippen LogP contribution in [0.5, 0.6) is 0 Å². The van der Waals surface area contributed by atoms with E-state index in [9.17, 15) is 9.59 Å². The molecule has 0 aromatic rings. The molecule has 0 aliphatic carbocycles. The molecule has 0 bridgehead atoms. The Hall–Kier alpha value is -1.52. The van der Waals surface area contributed by atoms with Crippen LogP contribution >= 0.6 is 0 Å². The smallest absolute Gasteiger partial charge is 0.410 e. The van der Waals surface area contributed by atoms with Crippen LogP contribution in [0.1, 0.15) is 87.5 Å². The summed E-state index contributed by atoms with van der Waals surface area (Å²) in [4.78, 5) is 27.6. The van der Waals surface area contributed by atoms with Crippen molar-refractivity contribution in [3.8, 4) is 0 Å². The number of nitrogens with zero attached hydrogens (tertiary/aromatic N) is 1. The molecule has 29 heavy (non-hydrogen) atoms. The van der Waals surface area contributed by atoms with Crippen LogP contribution in [0.25, 0.3) is 0 Å². The highest BCUT2D eigenvalue weighted by molar-refractivity contribution is 5.79. The summed E-state index contributed by atoms with van der Waals surface area (Å²) in [5.41, 5.74) is -1.45. The molecular formula is C24H43NO4. The summed E-state index contributed by atoms with van der Waals surface area (Å²) in [6.07, 6.45) is 5.59. The predicted octanol–water partition coefficient (Wildman–Crippen LogP) is 5.98. The number of hydrogen-bond acceptors (Lipinski definition) is 4. The first-order valence-electron chi connectivity index (χ1n) is 11.1. The van der Waals surface area contributed by atoms with E-state index in [-0.39, 0.29) is 22.9 Å². The second kappa shape index (κ2) is 9.53. The quantitative estimate of drug-likeness (QED) is 0.366. The summed E-state index contributed by atoms with van der Waals surface area (Å²) in [6.45, 7) is 21.6. The molecule has 0 saturated carbocycles. The number of piperidine rings is 1. The molecular weight excluding hydrogens is 366 g/mol. The number of allylic oxidation sites excluding steroid dienone is 1. The Kier molecular flexibility index (Phi) is 8.38. The van der Waals surface area contributed by atoms with Crippen molar-refractivity contribution in [3.63, 3.8) is 0 Å². The van der Waals surface area contributed by atoms with Gasteiger partial charge in [-0.2, -0.15) is 0 Å². The third-order valence-electron chi connectivity index (χ3n) is 6.96. The van der Waals surface area contributed by atoms with Gasteiger partial charge in [-0.1, -0.05) is 33.8 Å². The molecule has 5 nitrogen and oxygen atoms in total. The fourth-order valence-corrected chi connectivity index (χ4v) is 4.59. The van der Waals surface area contributed by atoms with Crippen LogP contribution in [0.2, 0.25) is 0 Å². The van der Waals surface area contributed by atoms with E-state index < -0.39 is 11.0 Å². The Bertz CT molecular complexity index is 586. The van der Waals surface area contributed by atoms with E-state index in [0.717, 1.165) is 19.3 Å². The Morgan fingerprint density at radius 2 is 1.59 bits per heavy atom. The molecule has 1 rings (SSSR count). The van der Waals surface area contributed by atoms with Gasteiger partial charge in [0.2, 0.25) is 0 Å². The van der Waals surface area contributed by atoms with Crippen LogP contribution in [-0.2, 0) is 14.3 Å². The fourth-order valence-electron chi connectivity index (χ4n) is 4.59. The molecule has 1 fully saturated rings. The summed E-state index contributed by atoms with van der Waals surface area (Å²) in [6, 6.07) is 0. The molecule has 1 aliphatic rings. The minimum atomic E-state index is -0.615. The lowest BCUT2D eigenvalue weighted by Gasteiger charge is -2.53. The van der Waals surface area contributed by atoms with E-state index in [0.29, 0.717) is 32.5 Å². The normalized spacial score (nSPS) is 20.9. The lowest BCUT2D eigenvalue weighted by atomic mass is 9.53. The Morgan fingerprint density at radius 1 is 1.03 bits per heavy atom. The molecule has 0 N–H and O–H groups in total. The molecule has 5 heteroatoms. The van der Waals surface area contributed by atoms with Gasteiger partial charge in [0.25, 0.3) is 0 Å². The maximum atomic E-state index is 13.3. The van der Waals surface area contributed by atoms with Gasteiger partial charge in [0.1, 0.15) is 5.60 Å². The molecule has 0 radical (unpaired) electrons. The van der Waals surface area contributed by atoms with Crippen LogP contribution in [-0.4, -0.2) is 42.3 Å². The van der Waals surface area contributed by atoms with E-state index in [4.69, 9.17) is 9.47 Å². The maximum Gasteiger partial charge on any atom is 0.410 e. The topological polar surface area (TPSA) is 55.8 Å². The van der Waals surface area contributed by atoms with Crippen LogP contribution < -0.4 is 0 Å². The zero-order chi connectivity index (χ0) is 22.5. The van der Waals surface area contributed by atoms with Crippen molar-refractivity contribution in [1.82, 2.24) is 4.90 Å². The number of amides is 1. The maximum absolute atomic E-state index is 13.3. The molecule has 1 aliphatic heterocycles. The number of esters is 1. The average Bonchev–Trinajstić information content (AvgIpc) is 2.66. The van der Waals surface area contributed by atoms with Crippen LogP contribution in [0.3, 0.4) is 0 Å². The number of carbonyl (C=O) groups excluding carboxylic acids is 2. The highest BCUT2D eigenvalue weighted by atomic mass is 16.6. The largest absolute Gasteiger partial charge is 0.466 e. The summed E-state index contributed by atoms with van der Waals surface area (Å²) in [5, 5.41) is 0. The van der Waals surface area contributed by atoms with Crippen molar-refractivity contribution >= 4 is 12.1 Å². The highest BCUT2D eigenvalue weighted by Gasteiger charge is 2.56. The fraction of sp³-hybridized carbons (Fsp3) is 0.833. The zero-order valence-electron chi connectivity index (χ0n) is 20.0. The van der Waals surface area contributed by atoms with Crippen LogP contribution in [0.4, 0.5) is 4.79 Å². The van der Waals surface area contributed by atoms with Gasteiger partial charge >= 0.3 is 12.1 Å². The standard InChI is InChI=1S/C24H43NO4/c1-10-22(8,11-2)18-23(9,12-3)24(19(26)28-13-4)14-16-25(17-15-24)20(27)29-21(5,6)7/h10H,1,11-18H2,2-9H3. The monoisotopic (exact) mass is 409 g/mol. The van der Waals surface area contributed by atoms with Gasteiger partial charge < -0.3 is 14.4 Å². The zero-order valence-corrected chi connectivity index (χ0v) is 20.0. The van der Waals surface area contributed by atoms with E-state index >= 15 is 0 Å². The van der Waals surface area contributed by atoms with Crippen molar-refractivity contribution in [1.29, 1.82) is 0 Å². The third-order valence-corrected chi connectivity index (χ3v) is 6.96. The van der Waals surface area contributed by atoms with E-state index in [2.05, 4.69) is 34.3 Å². The average molecular weight is 410 g/mol. The highest BCUT2D eigenvalue weighted by Crippen LogP contribution is 2.56. The Morgan fingerprint density at radius 3 is 1.97 bits per heavy atom. The van der Waals surface area contributed by atoms with E-state index in [1.807, 2.05) is 33.8 Å². The number of rotatable bonds is 8. The Labute approximate surface area is 178 Å². The second-order valence-electron chi connectivity index (χ2n) is 10.1. The number of hydrogen-bond donors (Lipinski definition) is 0. The van der Waals surface area contributed by atoms with E-state index in [1.54, 1.807) is 4.90 Å². The molecule has 1 heterocycles. The van der Waals surface area contributed by atoms with Gasteiger partial charge in [0, 0.05) is 13.1 Å². The minimum absolute atomic E-state index is 0.0491. The number of carbonyl (C=O) groups is 2. The van der Waals surface area contributed by atoms with E-state index in [1.165, 1.54) is 0 Å².